The fourth-order valence-electron chi connectivity index (χ4n) is 3.53. The molecule has 1 rings (SSSR count). The monoisotopic (exact) mass is 561 g/mol. The number of carbonyl (C=O) groups is 6. The van der Waals surface area contributed by atoms with Crippen LogP contribution in [0, 0.1) is 0 Å². The predicted octanol–water partition coefficient (Wildman–Crippen LogP) is -4.92. The first-order chi connectivity index (χ1) is 18.7. The van der Waals surface area contributed by atoms with Crippen molar-refractivity contribution in [2.45, 2.75) is 56.7 Å². The first-order valence-corrected chi connectivity index (χ1v) is 12.5. The standard InChI is InChI=1S/C21H39N9O9/c31-16-10-22-17(32)11-24-19(34)13(4-1-7-25-37)29-21(36)15(6-3-9-27-39)30-20(35)14(5-2-8-26-38)28-18(33)12-23-16/h13-15,25-27,37-39H,1-12H2,(H,22,32)(H,23,31)(H,24,34)(H,28,33)(H,29,36)(H,30,35)/t13-,14-,15-/m0/s1. The van der Waals surface area contributed by atoms with Crippen molar-refractivity contribution in [3.8, 4) is 0 Å². The number of hydrogen-bond donors (Lipinski definition) is 12. The van der Waals surface area contributed by atoms with Crippen molar-refractivity contribution in [3.63, 3.8) is 0 Å². The summed E-state index contributed by atoms with van der Waals surface area (Å²) in [7, 11) is 0. The van der Waals surface area contributed by atoms with Gasteiger partial charge < -0.3 is 47.5 Å². The molecule has 1 heterocycles. The number of amides is 6. The van der Waals surface area contributed by atoms with Crippen LogP contribution in [0.1, 0.15) is 38.5 Å². The summed E-state index contributed by atoms with van der Waals surface area (Å²) in [6.45, 7) is -1.14. The molecule has 1 fully saturated rings. The largest absolute Gasteiger partial charge is 0.346 e. The normalized spacial score (nSPS) is 22.4. The molecule has 18 nitrogen and oxygen atoms in total. The maximum Gasteiger partial charge on any atom is 0.243 e. The van der Waals surface area contributed by atoms with Crippen LogP contribution in [0.15, 0.2) is 0 Å². The first-order valence-electron chi connectivity index (χ1n) is 12.5. The van der Waals surface area contributed by atoms with Crippen LogP contribution in [0.2, 0.25) is 0 Å². The molecule has 39 heavy (non-hydrogen) atoms. The molecule has 0 aromatic rings. The first kappa shape index (κ1) is 33.6. The Hall–Kier alpha value is -3.42. The van der Waals surface area contributed by atoms with Crippen LogP contribution >= 0.6 is 0 Å². The Labute approximate surface area is 224 Å². The minimum Gasteiger partial charge on any atom is -0.346 e. The third-order valence-electron chi connectivity index (χ3n) is 5.58. The maximum atomic E-state index is 13.2. The van der Waals surface area contributed by atoms with Gasteiger partial charge in [-0.3, -0.25) is 28.8 Å². The quantitative estimate of drug-likeness (QED) is 0.0789. The summed E-state index contributed by atoms with van der Waals surface area (Å²) in [6, 6.07) is -3.45. The lowest BCUT2D eigenvalue weighted by Crippen LogP contribution is -2.58. The number of nitrogens with one attached hydrogen (secondary N) is 9. The zero-order chi connectivity index (χ0) is 29.0. The van der Waals surface area contributed by atoms with Gasteiger partial charge in [-0.25, -0.2) is 16.4 Å². The van der Waals surface area contributed by atoms with Gasteiger partial charge in [-0.2, -0.15) is 0 Å². The van der Waals surface area contributed by atoms with Crippen molar-refractivity contribution >= 4 is 35.4 Å². The number of hydrogen-bond acceptors (Lipinski definition) is 12. The van der Waals surface area contributed by atoms with Crippen molar-refractivity contribution in [1.29, 1.82) is 0 Å². The molecule has 12 N–H and O–H groups in total. The smallest absolute Gasteiger partial charge is 0.243 e. The van der Waals surface area contributed by atoms with E-state index in [0.717, 1.165) is 0 Å². The molecule has 18 heteroatoms. The summed E-state index contributed by atoms with van der Waals surface area (Å²) in [5, 5.41) is 41.1. The molecule has 222 valence electrons. The Kier molecular flexibility index (Phi) is 16.9. The summed E-state index contributed by atoms with van der Waals surface area (Å²) in [4.78, 5) is 75.4. The number of carbonyl (C=O) groups excluding carboxylic acids is 6. The average molecular weight is 562 g/mol. The van der Waals surface area contributed by atoms with E-state index in [-0.39, 0.29) is 58.2 Å². The summed E-state index contributed by atoms with van der Waals surface area (Å²) in [5.41, 5.74) is 5.83. The highest BCUT2D eigenvalue weighted by atomic mass is 16.5. The van der Waals surface area contributed by atoms with Crippen molar-refractivity contribution in [1.82, 2.24) is 48.3 Å². The molecule has 3 atom stereocenters. The van der Waals surface area contributed by atoms with Crippen LogP contribution < -0.4 is 48.3 Å². The van der Waals surface area contributed by atoms with E-state index in [1.54, 1.807) is 0 Å². The molecule has 1 aliphatic rings. The lowest BCUT2D eigenvalue weighted by Gasteiger charge is -2.25. The second-order valence-electron chi connectivity index (χ2n) is 8.66. The van der Waals surface area contributed by atoms with Crippen molar-refractivity contribution < 1.29 is 44.4 Å². The summed E-state index contributed by atoms with van der Waals surface area (Å²) < 4.78 is 0. The van der Waals surface area contributed by atoms with Crippen molar-refractivity contribution in [3.05, 3.63) is 0 Å². The molecule has 1 aliphatic heterocycles. The average Bonchev–Trinajstić information content (AvgIpc) is 2.91. The van der Waals surface area contributed by atoms with Gasteiger partial charge in [0.05, 0.1) is 19.6 Å². The van der Waals surface area contributed by atoms with Crippen LogP contribution in [-0.4, -0.2) is 108 Å². The van der Waals surface area contributed by atoms with E-state index < -0.39 is 73.2 Å². The predicted molar refractivity (Wildman–Crippen MR) is 132 cm³/mol. The molecule has 0 spiro atoms. The van der Waals surface area contributed by atoms with Gasteiger partial charge in [0.25, 0.3) is 0 Å². The van der Waals surface area contributed by atoms with Crippen LogP contribution in [-0.2, 0) is 28.8 Å². The third kappa shape index (κ3) is 14.3. The fourth-order valence-corrected chi connectivity index (χ4v) is 3.53. The molecular weight excluding hydrogens is 522 g/mol. The Morgan fingerprint density at radius 3 is 1.31 bits per heavy atom. The number of hydroxylamine groups is 3. The van der Waals surface area contributed by atoms with Gasteiger partial charge in [0.15, 0.2) is 0 Å². The molecule has 1 saturated heterocycles. The van der Waals surface area contributed by atoms with Crippen LogP contribution in [0.3, 0.4) is 0 Å². The molecule has 0 aromatic carbocycles. The lowest BCUT2D eigenvalue weighted by atomic mass is 10.1. The molecular formula is C21H39N9O9. The van der Waals surface area contributed by atoms with E-state index in [4.69, 9.17) is 15.6 Å². The van der Waals surface area contributed by atoms with Crippen molar-refractivity contribution in [2.24, 2.45) is 0 Å². The highest BCUT2D eigenvalue weighted by Gasteiger charge is 2.29. The molecule has 0 bridgehead atoms. The van der Waals surface area contributed by atoms with E-state index in [2.05, 4.69) is 31.9 Å². The Morgan fingerprint density at radius 1 is 0.513 bits per heavy atom. The van der Waals surface area contributed by atoms with Gasteiger partial charge in [0.1, 0.15) is 18.1 Å². The Morgan fingerprint density at radius 2 is 0.872 bits per heavy atom. The van der Waals surface area contributed by atoms with Gasteiger partial charge in [0.2, 0.25) is 35.4 Å². The highest BCUT2D eigenvalue weighted by molar-refractivity contribution is 5.96. The van der Waals surface area contributed by atoms with Gasteiger partial charge >= 0.3 is 0 Å². The maximum absolute atomic E-state index is 13.2. The van der Waals surface area contributed by atoms with E-state index >= 15 is 0 Å². The van der Waals surface area contributed by atoms with Crippen LogP contribution in [0.25, 0.3) is 0 Å². The summed E-state index contributed by atoms with van der Waals surface area (Å²) >= 11 is 0. The van der Waals surface area contributed by atoms with Crippen LogP contribution in [0.5, 0.6) is 0 Å². The zero-order valence-corrected chi connectivity index (χ0v) is 21.5. The fraction of sp³-hybridized carbons (Fsp3) is 0.714. The molecule has 0 aliphatic carbocycles. The minimum atomic E-state index is -1.17. The highest BCUT2D eigenvalue weighted by Crippen LogP contribution is 2.05. The van der Waals surface area contributed by atoms with E-state index in [9.17, 15) is 28.8 Å². The minimum absolute atomic E-state index is 0.0506. The topological polar surface area (TPSA) is 271 Å². The lowest BCUT2D eigenvalue weighted by molar-refractivity contribution is -0.134. The van der Waals surface area contributed by atoms with Crippen molar-refractivity contribution in [2.75, 3.05) is 39.3 Å². The number of rotatable bonds is 12. The van der Waals surface area contributed by atoms with E-state index in [0.29, 0.717) is 0 Å². The van der Waals surface area contributed by atoms with Gasteiger partial charge in [-0.1, -0.05) is 0 Å². The second-order valence-corrected chi connectivity index (χ2v) is 8.66. The second kappa shape index (κ2) is 19.6. The molecule has 0 saturated carbocycles. The Bertz CT molecular complexity index is 823. The molecule has 6 amide bonds. The van der Waals surface area contributed by atoms with Gasteiger partial charge in [-0.05, 0) is 38.5 Å². The van der Waals surface area contributed by atoms with Gasteiger partial charge in [0, 0.05) is 19.6 Å². The molecule has 0 radical (unpaired) electrons. The van der Waals surface area contributed by atoms with Crippen LogP contribution in [0.4, 0.5) is 0 Å². The molecule has 0 unspecified atom stereocenters. The third-order valence-corrected chi connectivity index (χ3v) is 5.58. The van der Waals surface area contributed by atoms with E-state index in [1.165, 1.54) is 0 Å². The Balaban J connectivity index is 3.20. The zero-order valence-electron chi connectivity index (χ0n) is 21.5. The van der Waals surface area contributed by atoms with Gasteiger partial charge in [-0.15, -0.1) is 0 Å². The SMILES string of the molecule is O=C1CNC(=O)CNC(=O)[C@H](CCCNO)NC(=O)[C@H](CCCNO)NC(=O)[C@H](CCCNO)NC(=O)CN1. The van der Waals surface area contributed by atoms with E-state index in [1.807, 2.05) is 16.4 Å². The molecule has 0 aromatic heterocycles. The summed E-state index contributed by atoms with van der Waals surface area (Å²) in [5.74, 6) is -4.23. The summed E-state index contributed by atoms with van der Waals surface area (Å²) in [6.07, 6.45) is 0.966.